The highest BCUT2D eigenvalue weighted by atomic mass is 32.1. The lowest BCUT2D eigenvalue weighted by atomic mass is 9.93. The molecule has 3 heterocycles. The maximum atomic E-state index is 12.9. The molecule has 0 unspecified atom stereocenters. The van der Waals surface area contributed by atoms with Crippen molar-refractivity contribution in [3.63, 3.8) is 0 Å². The number of rotatable bonds is 5. The van der Waals surface area contributed by atoms with Crippen molar-refractivity contribution in [3.8, 4) is 0 Å². The monoisotopic (exact) mass is 355 g/mol. The zero-order valence-electron chi connectivity index (χ0n) is 14.6. The number of aromatic nitrogens is 1. The first-order valence-electron chi connectivity index (χ1n) is 9.28. The quantitative estimate of drug-likeness (QED) is 0.892. The Balaban J connectivity index is 1.43. The Hall–Kier alpha value is -1.72. The standard InChI is InChI=1S/C20H25N3OS/c1-2-15-13-25-19(22-15)12-21-20(24)16-11-18(14-7-4-3-5-8-14)23-10-6-9-17(16)23/h3-5,7-8,13,16-18H,2,6,9-12H2,1H3,(H,21,24)/t16-,17+,18-/m1/s1. The normalized spacial score (nSPS) is 25.9. The number of thiazole rings is 1. The van der Waals surface area contributed by atoms with Crippen molar-refractivity contribution in [1.82, 2.24) is 15.2 Å². The van der Waals surface area contributed by atoms with E-state index in [1.54, 1.807) is 11.3 Å². The number of carbonyl (C=O) groups is 1. The number of carbonyl (C=O) groups excluding carboxylic acids is 1. The molecule has 2 fully saturated rings. The zero-order chi connectivity index (χ0) is 17.2. The molecule has 0 saturated carbocycles. The van der Waals surface area contributed by atoms with E-state index in [1.807, 2.05) is 0 Å². The number of aryl methyl sites for hydroxylation is 1. The van der Waals surface area contributed by atoms with Gasteiger partial charge in [0, 0.05) is 17.5 Å². The van der Waals surface area contributed by atoms with Gasteiger partial charge in [0.25, 0.3) is 0 Å². The number of benzene rings is 1. The Kier molecular flexibility index (Phi) is 4.86. The topological polar surface area (TPSA) is 45.2 Å². The molecule has 2 aromatic rings. The lowest BCUT2D eigenvalue weighted by molar-refractivity contribution is -0.125. The summed E-state index contributed by atoms with van der Waals surface area (Å²) < 4.78 is 0. The first-order valence-corrected chi connectivity index (χ1v) is 10.2. The third-order valence-electron chi connectivity index (χ3n) is 5.58. The molecule has 4 rings (SSSR count). The molecule has 0 spiro atoms. The number of fused-ring (bicyclic) bond motifs is 1. The number of hydrogen-bond acceptors (Lipinski definition) is 4. The molecule has 0 radical (unpaired) electrons. The molecule has 1 N–H and O–H groups in total. The van der Waals surface area contributed by atoms with Crippen LogP contribution in [0.4, 0.5) is 0 Å². The molecule has 1 aromatic heterocycles. The summed E-state index contributed by atoms with van der Waals surface area (Å²) in [5, 5.41) is 6.24. The Morgan fingerprint density at radius 2 is 2.20 bits per heavy atom. The van der Waals surface area contributed by atoms with Crippen LogP contribution in [-0.2, 0) is 17.8 Å². The maximum absolute atomic E-state index is 12.9. The van der Waals surface area contributed by atoms with E-state index >= 15 is 0 Å². The van der Waals surface area contributed by atoms with E-state index in [0.717, 1.165) is 36.5 Å². The number of hydrogen-bond donors (Lipinski definition) is 1. The summed E-state index contributed by atoms with van der Waals surface area (Å²) in [6, 6.07) is 11.4. The predicted octanol–water partition coefficient (Wildman–Crippen LogP) is 3.55. The fourth-order valence-corrected chi connectivity index (χ4v) is 5.15. The minimum atomic E-state index is 0.0957. The van der Waals surface area contributed by atoms with Crippen LogP contribution in [0.2, 0.25) is 0 Å². The summed E-state index contributed by atoms with van der Waals surface area (Å²) in [6.07, 6.45) is 4.21. The van der Waals surface area contributed by atoms with Gasteiger partial charge in [0.15, 0.2) is 0 Å². The number of nitrogens with zero attached hydrogens (tertiary/aromatic N) is 2. The molecule has 2 aliphatic heterocycles. The average molecular weight is 356 g/mol. The first kappa shape index (κ1) is 16.7. The van der Waals surface area contributed by atoms with E-state index in [4.69, 9.17) is 0 Å². The van der Waals surface area contributed by atoms with Crippen molar-refractivity contribution in [2.45, 2.75) is 51.2 Å². The van der Waals surface area contributed by atoms with E-state index in [9.17, 15) is 4.79 Å². The van der Waals surface area contributed by atoms with Crippen molar-refractivity contribution >= 4 is 17.2 Å². The van der Waals surface area contributed by atoms with E-state index in [2.05, 4.69) is 57.8 Å². The largest absolute Gasteiger partial charge is 0.349 e. The van der Waals surface area contributed by atoms with Crippen molar-refractivity contribution in [1.29, 1.82) is 0 Å². The summed E-state index contributed by atoms with van der Waals surface area (Å²) in [7, 11) is 0. The summed E-state index contributed by atoms with van der Waals surface area (Å²) in [5.74, 6) is 0.293. The van der Waals surface area contributed by atoms with Gasteiger partial charge in [-0.1, -0.05) is 37.3 Å². The SMILES string of the molecule is CCc1csc(CNC(=O)[C@@H]2C[C@H](c3ccccc3)N3CCC[C@@H]23)n1. The second kappa shape index (κ2) is 7.26. The highest BCUT2D eigenvalue weighted by Gasteiger charge is 2.46. The molecular weight excluding hydrogens is 330 g/mol. The van der Waals surface area contributed by atoms with Crippen molar-refractivity contribution < 1.29 is 4.79 Å². The summed E-state index contributed by atoms with van der Waals surface area (Å²) in [5.41, 5.74) is 2.46. The van der Waals surface area contributed by atoms with Gasteiger partial charge >= 0.3 is 0 Å². The molecule has 25 heavy (non-hydrogen) atoms. The van der Waals surface area contributed by atoms with Gasteiger partial charge in [0.05, 0.1) is 18.2 Å². The van der Waals surface area contributed by atoms with Crippen LogP contribution in [0.5, 0.6) is 0 Å². The van der Waals surface area contributed by atoms with Crippen LogP contribution in [0.3, 0.4) is 0 Å². The van der Waals surface area contributed by atoms with Crippen LogP contribution in [0, 0.1) is 5.92 Å². The minimum Gasteiger partial charge on any atom is -0.349 e. The third kappa shape index (κ3) is 3.35. The van der Waals surface area contributed by atoms with Crippen molar-refractivity contribution in [2.24, 2.45) is 5.92 Å². The van der Waals surface area contributed by atoms with Crippen molar-refractivity contribution in [3.05, 3.63) is 52.0 Å². The Labute approximate surface area is 153 Å². The van der Waals surface area contributed by atoms with E-state index in [0.29, 0.717) is 18.6 Å². The van der Waals surface area contributed by atoms with Gasteiger partial charge in [-0.3, -0.25) is 9.69 Å². The lowest BCUT2D eigenvalue weighted by Crippen LogP contribution is -2.37. The average Bonchev–Trinajstić information content (AvgIpc) is 3.36. The molecule has 1 aromatic carbocycles. The molecule has 2 aliphatic rings. The van der Waals surface area contributed by atoms with Crippen LogP contribution >= 0.6 is 11.3 Å². The zero-order valence-corrected chi connectivity index (χ0v) is 15.5. The van der Waals surface area contributed by atoms with Crippen molar-refractivity contribution in [2.75, 3.05) is 6.54 Å². The van der Waals surface area contributed by atoms with Gasteiger partial charge in [0.1, 0.15) is 5.01 Å². The van der Waals surface area contributed by atoms with E-state index < -0.39 is 0 Å². The van der Waals surface area contributed by atoms with Crippen LogP contribution < -0.4 is 5.32 Å². The van der Waals surface area contributed by atoms with E-state index in [-0.39, 0.29) is 11.8 Å². The highest BCUT2D eigenvalue weighted by Crippen LogP contribution is 2.44. The van der Waals surface area contributed by atoms with E-state index in [1.165, 1.54) is 12.0 Å². The fourth-order valence-electron chi connectivity index (χ4n) is 4.34. The summed E-state index contributed by atoms with van der Waals surface area (Å²) >= 11 is 1.64. The molecule has 1 amide bonds. The second-order valence-electron chi connectivity index (χ2n) is 7.02. The minimum absolute atomic E-state index is 0.0957. The molecule has 5 heteroatoms. The molecule has 132 valence electrons. The molecule has 3 atom stereocenters. The van der Waals surface area contributed by atoms with Gasteiger partial charge in [-0.2, -0.15) is 0 Å². The summed E-state index contributed by atoms with van der Waals surface area (Å²) in [6.45, 7) is 3.78. The number of nitrogens with one attached hydrogen (secondary N) is 1. The predicted molar refractivity (Wildman–Crippen MR) is 100 cm³/mol. The second-order valence-corrected chi connectivity index (χ2v) is 7.96. The smallest absolute Gasteiger partial charge is 0.225 e. The van der Waals surface area contributed by atoms with Crippen LogP contribution in [0.1, 0.15) is 48.5 Å². The first-order chi connectivity index (χ1) is 12.3. The van der Waals surface area contributed by atoms with Gasteiger partial charge in [-0.15, -0.1) is 11.3 Å². The summed E-state index contributed by atoms with van der Waals surface area (Å²) in [4.78, 5) is 20.0. The molecular formula is C20H25N3OS. The molecule has 0 aliphatic carbocycles. The van der Waals surface area contributed by atoms with Gasteiger partial charge in [0.2, 0.25) is 5.91 Å². The fraction of sp³-hybridized carbons (Fsp3) is 0.500. The molecule has 2 saturated heterocycles. The Morgan fingerprint density at radius 3 is 2.96 bits per heavy atom. The number of amides is 1. The lowest BCUT2D eigenvalue weighted by Gasteiger charge is -2.24. The van der Waals surface area contributed by atoms with Crippen LogP contribution in [0.25, 0.3) is 0 Å². The van der Waals surface area contributed by atoms with Crippen LogP contribution in [0.15, 0.2) is 35.7 Å². The Bertz CT molecular complexity index is 730. The van der Waals surface area contributed by atoms with Gasteiger partial charge < -0.3 is 5.32 Å². The third-order valence-corrected chi connectivity index (χ3v) is 6.48. The van der Waals surface area contributed by atoms with Crippen LogP contribution in [-0.4, -0.2) is 28.4 Å². The Morgan fingerprint density at radius 1 is 1.36 bits per heavy atom. The highest BCUT2D eigenvalue weighted by molar-refractivity contribution is 7.09. The molecule has 4 nitrogen and oxygen atoms in total. The molecule has 0 bridgehead atoms. The van der Waals surface area contributed by atoms with Gasteiger partial charge in [-0.05, 0) is 37.8 Å². The maximum Gasteiger partial charge on any atom is 0.225 e. The van der Waals surface area contributed by atoms with Gasteiger partial charge in [-0.25, -0.2) is 4.98 Å².